The molecule has 1 rings (SSSR count). The highest BCUT2D eigenvalue weighted by atomic mass is 35.5. The molecule has 0 bridgehead atoms. The molecule has 0 aliphatic heterocycles. The van der Waals surface area contributed by atoms with E-state index in [4.69, 9.17) is 11.6 Å². The van der Waals surface area contributed by atoms with Crippen molar-refractivity contribution in [2.24, 2.45) is 0 Å². The summed E-state index contributed by atoms with van der Waals surface area (Å²) in [5.74, 6) is -0.271. The number of hydrogen-bond acceptors (Lipinski definition) is 2. The Morgan fingerprint density at radius 2 is 1.94 bits per heavy atom. The molecule has 0 spiro atoms. The van der Waals surface area contributed by atoms with Crippen molar-refractivity contribution >= 4 is 23.3 Å². The van der Waals surface area contributed by atoms with Crippen LogP contribution in [0.15, 0.2) is 24.3 Å². The van der Waals surface area contributed by atoms with Crippen LogP contribution in [0.3, 0.4) is 0 Å². The fourth-order valence-electron chi connectivity index (χ4n) is 1.53. The Kier molecular flexibility index (Phi) is 5.16. The lowest BCUT2D eigenvalue weighted by Gasteiger charge is -2.21. The van der Waals surface area contributed by atoms with Gasteiger partial charge >= 0.3 is 0 Å². The lowest BCUT2D eigenvalue weighted by atomic mass is 10.2. The van der Waals surface area contributed by atoms with Crippen molar-refractivity contribution in [1.82, 2.24) is 4.90 Å². The summed E-state index contributed by atoms with van der Waals surface area (Å²) >= 11 is 6.03. The molecule has 0 saturated carbocycles. The van der Waals surface area contributed by atoms with Crippen LogP contribution in [0.2, 0.25) is 5.02 Å². The molecular formula is C13H16ClNO2. The molecule has 0 fully saturated rings. The molecule has 17 heavy (non-hydrogen) atoms. The van der Waals surface area contributed by atoms with E-state index in [1.54, 1.807) is 11.0 Å². The minimum Gasteiger partial charge on any atom is -0.338 e. The molecule has 0 radical (unpaired) electrons. The van der Waals surface area contributed by atoms with Crippen molar-refractivity contribution in [2.75, 3.05) is 6.54 Å². The van der Waals surface area contributed by atoms with E-state index in [2.05, 4.69) is 0 Å². The van der Waals surface area contributed by atoms with Crippen molar-refractivity contribution in [2.45, 2.75) is 26.8 Å². The second-order valence-corrected chi connectivity index (χ2v) is 4.29. The number of halogens is 1. The van der Waals surface area contributed by atoms with Gasteiger partial charge < -0.3 is 4.90 Å². The number of rotatable bonds is 5. The van der Waals surface area contributed by atoms with Gasteiger partial charge in [0.2, 0.25) is 5.91 Å². The molecule has 0 aliphatic rings. The fourth-order valence-corrected chi connectivity index (χ4v) is 1.73. The van der Waals surface area contributed by atoms with Crippen LogP contribution in [0.25, 0.3) is 0 Å². The number of carbonyl (C=O) groups is 2. The predicted octanol–water partition coefficient (Wildman–Crippen LogP) is 2.67. The Balaban J connectivity index is 2.73. The molecule has 0 saturated heterocycles. The molecule has 1 aromatic carbocycles. The Hall–Kier alpha value is -1.35. The van der Waals surface area contributed by atoms with Crippen LogP contribution < -0.4 is 0 Å². The Morgan fingerprint density at radius 1 is 1.29 bits per heavy atom. The largest absolute Gasteiger partial charge is 0.338 e. The summed E-state index contributed by atoms with van der Waals surface area (Å²) in [4.78, 5) is 24.3. The van der Waals surface area contributed by atoms with E-state index < -0.39 is 0 Å². The topological polar surface area (TPSA) is 37.4 Å². The van der Waals surface area contributed by atoms with Gasteiger partial charge in [-0.25, -0.2) is 0 Å². The number of ketones is 1. The van der Waals surface area contributed by atoms with Crippen molar-refractivity contribution in [3.05, 3.63) is 34.9 Å². The number of amides is 1. The highest BCUT2D eigenvalue weighted by Gasteiger charge is 2.14. The number of carbonyl (C=O) groups excluding carboxylic acids is 2. The van der Waals surface area contributed by atoms with Crippen molar-refractivity contribution < 1.29 is 9.59 Å². The highest BCUT2D eigenvalue weighted by molar-refractivity contribution is 6.31. The summed E-state index contributed by atoms with van der Waals surface area (Å²) < 4.78 is 0. The summed E-state index contributed by atoms with van der Waals surface area (Å²) in [5.41, 5.74) is 0.896. The maximum absolute atomic E-state index is 11.8. The van der Waals surface area contributed by atoms with Crippen LogP contribution in [-0.4, -0.2) is 23.1 Å². The minimum atomic E-state index is -0.153. The number of nitrogens with zero attached hydrogens (tertiary/aromatic N) is 1. The van der Waals surface area contributed by atoms with E-state index in [-0.39, 0.29) is 18.1 Å². The third-order valence-corrected chi connectivity index (χ3v) is 2.82. The van der Waals surface area contributed by atoms with Crippen molar-refractivity contribution in [3.63, 3.8) is 0 Å². The monoisotopic (exact) mass is 253 g/mol. The highest BCUT2D eigenvalue weighted by Crippen LogP contribution is 2.17. The van der Waals surface area contributed by atoms with Gasteiger partial charge in [-0.2, -0.15) is 0 Å². The standard InChI is InChI=1S/C13H16ClNO2/c1-3-15(13(17)8-10(2)16)9-11-6-4-5-7-12(11)14/h4-7H,3,8-9H2,1-2H3. The van der Waals surface area contributed by atoms with Gasteiger partial charge in [0.25, 0.3) is 0 Å². The minimum absolute atomic E-state index is 0.0434. The first-order chi connectivity index (χ1) is 8.04. The molecule has 0 atom stereocenters. The van der Waals surface area contributed by atoms with Crippen molar-refractivity contribution in [3.8, 4) is 0 Å². The predicted molar refractivity (Wildman–Crippen MR) is 67.8 cm³/mol. The van der Waals surface area contributed by atoms with Crippen molar-refractivity contribution in [1.29, 1.82) is 0 Å². The molecule has 1 aromatic rings. The molecule has 0 aliphatic carbocycles. The quantitative estimate of drug-likeness (QED) is 0.757. The SMILES string of the molecule is CCN(Cc1ccccc1Cl)C(=O)CC(C)=O. The van der Waals surface area contributed by atoms with E-state index in [1.165, 1.54) is 6.92 Å². The Morgan fingerprint density at radius 3 is 2.47 bits per heavy atom. The summed E-state index contributed by atoms with van der Waals surface area (Å²) in [7, 11) is 0. The number of Topliss-reactive ketones (excluding diaryl/α,β-unsaturated/α-hetero) is 1. The smallest absolute Gasteiger partial charge is 0.230 e. The van der Waals surface area contributed by atoms with Gasteiger partial charge in [-0.15, -0.1) is 0 Å². The summed E-state index contributed by atoms with van der Waals surface area (Å²) in [5, 5.41) is 0.640. The lowest BCUT2D eigenvalue weighted by Crippen LogP contribution is -2.31. The zero-order valence-corrected chi connectivity index (χ0v) is 10.8. The Bertz CT molecular complexity index is 418. The third kappa shape index (κ3) is 4.19. The van der Waals surface area contributed by atoms with Crippen LogP contribution in [0.5, 0.6) is 0 Å². The van der Waals surface area contributed by atoms with E-state index in [1.807, 2.05) is 25.1 Å². The summed E-state index contributed by atoms with van der Waals surface area (Å²) in [6.45, 7) is 4.32. The average Bonchev–Trinajstić information content (AvgIpc) is 2.27. The lowest BCUT2D eigenvalue weighted by molar-refractivity contribution is -0.135. The second kappa shape index (κ2) is 6.40. The molecule has 92 valence electrons. The van der Waals surface area contributed by atoms with E-state index in [9.17, 15) is 9.59 Å². The summed E-state index contributed by atoms with van der Waals surface area (Å²) in [6.07, 6.45) is -0.0434. The van der Waals surface area contributed by atoms with Crippen LogP contribution >= 0.6 is 11.6 Å². The first-order valence-electron chi connectivity index (χ1n) is 5.55. The molecule has 0 heterocycles. The zero-order chi connectivity index (χ0) is 12.8. The fraction of sp³-hybridized carbons (Fsp3) is 0.385. The molecular weight excluding hydrogens is 238 g/mol. The maximum Gasteiger partial charge on any atom is 0.230 e. The molecule has 3 nitrogen and oxygen atoms in total. The number of hydrogen-bond donors (Lipinski definition) is 0. The van der Waals surface area contributed by atoms with Crippen LogP contribution in [0.4, 0.5) is 0 Å². The van der Waals surface area contributed by atoms with E-state index in [0.29, 0.717) is 18.1 Å². The van der Waals surface area contributed by atoms with Gasteiger partial charge in [-0.1, -0.05) is 29.8 Å². The number of benzene rings is 1. The van der Waals surface area contributed by atoms with Gasteiger partial charge in [0.1, 0.15) is 5.78 Å². The molecule has 0 N–H and O–H groups in total. The van der Waals surface area contributed by atoms with Gasteiger partial charge in [0.15, 0.2) is 0 Å². The van der Waals surface area contributed by atoms with Crippen LogP contribution in [0.1, 0.15) is 25.8 Å². The maximum atomic E-state index is 11.8. The van der Waals surface area contributed by atoms with Gasteiger partial charge in [0.05, 0.1) is 6.42 Å². The molecule has 4 heteroatoms. The zero-order valence-electron chi connectivity index (χ0n) is 10.1. The molecule has 1 amide bonds. The van der Waals surface area contributed by atoms with E-state index in [0.717, 1.165) is 5.56 Å². The average molecular weight is 254 g/mol. The van der Waals surface area contributed by atoms with E-state index >= 15 is 0 Å². The van der Waals surface area contributed by atoms with Crippen LogP contribution in [0, 0.1) is 0 Å². The normalized spacial score (nSPS) is 10.1. The molecule has 0 aromatic heterocycles. The first-order valence-corrected chi connectivity index (χ1v) is 5.93. The van der Waals surface area contributed by atoms with Gasteiger partial charge in [0, 0.05) is 18.1 Å². The Labute approximate surface area is 106 Å². The molecule has 0 unspecified atom stereocenters. The van der Waals surface area contributed by atoms with Gasteiger partial charge in [-0.3, -0.25) is 9.59 Å². The second-order valence-electron chi connectivity index (χ2n) is 3.88. The summed E-state index contributed by atoms with van der Waals surface area (Å²) in [6, 6.07) is 7.40. The third-order valence-electron chi connectivity index (χ3n) is 2.45. The van der Waals surface area contributed by atoms with Gasteiger partial charge in [-0.05, 0) is 25.5 Å². The van der Waals surface area contributed by atoms with Crippen LogP contribution in [-0.2, 0) is 16.1 Å². The first kappa shape index (κ1) is 13.7.